The van der Waals surface area contributed by atoms with E-state index in [2.05, 4.69) is 0 Å². The van der Waals surface area contributed by atoms with Crippen molar-refractivity contribution in [3.05, 3.63) is 17.7 Å². The van der Waals surface area contributed by atoms with Crippen LogP contribution in [0.4, 0.5) is 5.69 Å². The Balaban J connectivity index is 2.18. The van der Waals surface area contributed by atoms with E-state index in [1.54, 1.807) is 19.9 Å². The van der Waals surface area contributed by atoms with E-state index < -0.39 is 11.8 Å². The zero-order valence-electron chi connectivity index (χ0n) is 12.5. The number of imide groups is 1. The van der Waals surface area contributed by atoms with Crippen LogP contribution >= 0.6 is 0 Å². The maximum Gasteiger partial charge on any atom is 0.343 e. The van der Waals surface area contributed by atoms with Gasteiger partial charge in [-0.2, -0.15) is 0 Å². The molecular weight excluding hydrogens is 290 g/mol. The van der Waals surface area contributed by atoms with Crippen molar-refractivity contribution < 1.29 is 28.6 Å². The summed E-state index contributed by atoms with van der Waals surface area (Å²) >= 11 is 0. The monoisotopic (exact) mass is 305 g/mol. The first-order chi connectivity index (χ1) is 10.3. The summed E-state index contributed by atoms with van der Waals surface area (Å²) in [5.41, 5.74) is 0.188. The molecular formula is C15H15NO6. The maximum atomic E-state index is 12.2. The van der Waals surface area contributed by atoms with Crippen LogP contribution in [0.5, 0.6) is 11.5 Å². The van der Waals surface area contributed by atoms with Crippen molar-refractivity contribution in [1.29, 1.82) is 0 Å². The Kier molecular flexibility index (Phi) is 3.09. The predicted molar refractivity (Wildman–Crippen MR) is 74.8 cm³/mol. The number of hydrogen-bond acceptors (Lipinski definition) is 6. The van der Waals surface area contributed by atoms with Crippen LogP contribution in [0.2, 0.25) is 0 Å². The molecule has 0 saturated carbocycles. The van der Waals surface area contributed by atoms with E-state index in [1.807, 2.05) is 0 Å². The molecule has 7 nitrogen and oxygen atoms in total. The van der Waals surface area contributed by atoms with Crippen LogP contribution in [0, 0.1) is 0 Å². The molecule has 0 spiro atoms. The molecule has 2 amide bonds. The number of benzene rings is 1. The Morgan fingerprint density at radius 1 is 1.18 bits per heavy atom. The van der Waals surface area contributed by atoms with Gasteiger partial charge >= 0.3 is 5.97 Å². The predicted octanol–water partition coefficient (Wildman–Crippen LogP) is 1.63. The molecule has 116 valence electrons. The Morgan fingerprint density at radius 3 is 2.41 bits per heavy atom. The minimum absolute atomic E-state index is 0.0224. The normalized spacial score (nSPS) is 18.8. The summed E-state index contributed by atoms with van der Waals surface area (Å²) in [7, 11) is 1.22. The van der Waals surface area contributed by atoms with E-state index in [4.69, 9.17) is 14.2 Å². The number of carbonyl (C=O) groups excluding carboxylic acids is 3. The molecule has 0 atom stereocenters. The first-order valence-electron chi connectivity index (χ1n) is 6.83. The summed E-state index contributed by atoms with van der Waals surface area (Å²) in [6.07, 6.45) is 0.249. The third-order valence-corrected chi connectivity index (χ3v) is 3.49. The van der Waals surface area contributed by atoms with E-state index in [0.717, 1.165) is 4.90 Å². The second kappa shape index (κ2) is 4.72. The van der Waals surface area contributed by atoms with Gasteiger partial charge < -0.3 is 14.2 Å². The summed E-state index contributed by atoms with van der Waals surface area (Å²) in [5.74, 6) is -1.79. The molecule has 1 aromatic rings. The molecule has 2 heterocycles. The SMILES string of the molecule is COC(=O)c1c(N2C(=O)CCC2=O)ccc2c1OC(C)(C)O2. The van der Waals surface area contributed by atoms with Crippen molar-refractivity contribution in [3.63, 3.8) is 0 Å². The van der Waals surface area contributed by atoms with E-state index >= 15 is 0 Å². The van der Waals surface area contributed by atoms with Gasteiger partial charge in [0, 0.05) is 26.7 Å². The average molecular weight is 305 g/mol. The van der Waals surface area contributed by atoms with Gasteiger partial charge in [0.1, 0.15) is 5.56 Å². The van der Waals surface area contributed by atoms with Gasteiger partial charge in [0.15, 0.2) is 11.5 Å². The molecule has 0 radical (unpaired) electrons. The van der Waals surface area contributed by atoms with E-state index in [1.165, 1.54) is 13.2 Å². The lowest BCUT2D eigenvalue weighted by atomic mass is 10.1. The standard InChI is InChI=1S/C15H15NO6/c1-15(2)21-9-5-4-8(16-10(17)6-7-11(16)18)12(13(9)22-15)14(19)20-3/h4-5H,6-7H2,1-3H3. The van der Waals surface area contributed by atoms with Gasteiger partial charge in [-0.3, -0.25) is 9.59 Å². The van der Waals surface area contributed by atoms with Crippen LogP contribution in [0.3, 0.4) is 0 Å². The Bertz CT molecular complexity index is 678. The number of esters is 1. The van der Waals surface area contributed by atoms with Gasteiger partial charge in [0.25, 0.3) is 0 Å². The van der Waals surface area contributed by atoms with Crippen LogP contribution in [0.15, 0.2) is 12.1 Å². The quantitative estimate of drug-likeness (QED) is 0.610. The van der Waals surface area contributed by atoms with Crippen molar-refractivity contribution in [3.8, 4) is 11.5 Å². The number of rotatable bonds is 2. The fraction of sp³-hybridized carbons (Fsp3) is 0.400. The van der Waals surface area contributed by atoms with Crippen molar-refractivity contribution in [1.82, 2.24) is 0 Å². The van der Waals surface area contributed by atoms with Crippen molar-refractivity contribution in [2.45, 2.75) is 32.5 Å². The molecule has 1 saturated heterocycles. The molecule has 0 aromatic heterocycles. The molecule has 7 heteroatoms. The maximum absolute atomic E-state index is 12.2. The van der Waals surface area contributed by atoms with Crippen molar-refractivity contribution in [2.75, 3.05) is 12.0 Å². The number of nitrogens with zero attached hydrogens (tertiary/aromatic N) is 1. The lowest BCUT2D eigenvalue weighted by molar-refractivity contribution is -0.121. The minimum Gasteiger partial charge on any atom is -0.465 e. The van der Waals surface area contributed by atoms with Crippen LogP contribution in [-0.2, 0) is 14.3 Å². The lowest BCUT2D eigenvalue weighted by Crippen LogP contribution is -2.31. The lowest BCUT2D eigenvalue weighted by Gasteiger charge is -2.19. The van der Waals surface area contributed by atoms with Crippen LogP contribution < -0.4 is 14.4 Å². The first kappa shape index (κ1) is 14.4. The fourth-order valence-corrected chi connectivity index (χ4v) is 2.60. The van der Waals surface area contributed by atoms with E-state index in [9.17, 15) is 14.4 Å². The molecule has 0 bridgehead atoms. The van der Waals surface area contributed by atoms with Crippen molar-refractivity contribution in [2.24, 2.45) is 0 Å². The average Bonchev–Trinajstić information content (AvgIpc) is 2.94. The van der Waals surface area contributed by atoms with Gasteiger partial charge in [-0.15, -0.1) is 0 Å². The molecule has 1 fully saturated rings. The van der Waals surface area contributed by atoms with Crippen LogP contribution in [0.25, 0.3) is 0 Å². The second-order valence-corrected chi connectivity index (χ2v) is 5.51. The fourth-order valence-electron chi connectivity index (χ4n) is 2.60. The third-order valence-electron chi connectivity index (χ3n) is 3.49. The van der Waals surface area contributed by atoms with Crippen LogP contribution in [0.1, 0.15) is 37.0 Å². The zero-order valence-corrected chi connectivity index (χ0v) is 12.5. The van der Waals surface area contributed by atoms with Gasteiger partial charge in [-0.05, 0) is 12.1 Å². The van der Waals surface area contributed by atoms with E-state index in [-0.39, 0.29) is 41.7 Å². The molecule has 1 aromatic carbocycles. The van der Waals surface area contributed by atoms with Gasteiger partial charge in [0.05, 0.1) is 12.8 Å². The molecule has 3 rings (SSSR count). The highest BCUT2D eigenvalue weighted by atomic mass is 16.7. The summed E-state index contributed by atoms with van der Waals surface area (Å²) < 4.78 is 16.0. The molecule has 22 heavy (non-hydrogen) atoms. The van der Waals surface area contributed by atoms with Gasteiger partial charge in [0.2, 0.25) is 17.6 Å². The van der Waals surface area contributed by atoms with E-state index in [0.29, 0.717) is 5.75 Å². The third kappa shape index (κ3) is 2.09. The highest BCUT2D eigenvalue weighted by Gasteiger charge is 2.40. The number of hydrogen-bond donors (Lipinski definition) is 0. The van der Waals surface area contributed by atoms with Crippen molar-refractivity contribution >= 4 is 23.5 Å². The summed E-state index contributed by atoms with van der Waals surface area (Å²) in [5, 5.41) is 0. The Hall–Kier alpha value is -2.57. The van der Waals surface area contributed by atoms with Gasteiger partial charge in [-0.25, -0.2) is 9.69 Å². The number of ether oxygens (including phenoxy) is 3. The molecule has 0 aliphatic carbocycles. The Morgan fingerprint density at radius 2 is 1.82 bits per heavy atom. The second-order valence-electron chi connectivity index (χ2n) is 5.51. The topological polar surface area (TPSA) is 82.1 Å². The number of methoxy groups -OCH3 is 1. The highest BCUT2D eigenvalue weighted by molar-refractivity contribution is 6.22. The number of fused-ring (bicyclic) bond motifs is 1. The first-order valence-corrected chi connectivity index (χ1v) is 6.83. The Labute approximate surface area is 126 Å². The smallest absolute Gasteiger partial charge is 0.343 e. The number of anilines is 1. The summed E-state index contributed by atoms with van der Waals surface area (Å²) in [6.45, 7) is 3.39. The summed E-state index contributed by atoms with van der Waals surface area (Å²) in [4.78, 5) is 37.1. The molecule has 2 aliphatic heterocycles. The summed E-state index contributed by atoms with van der Waals surface area (Å²) in [6, 6.07) is 3.07. The number of amides is 2. The van der Waals surface area contributed by atoms with Crippen LogP contribution in [-0.4, -0.2) is 30.7 Å². The zero-order chi connectivity index (χ0) is 16.1. The molecule has 0 unspecified atom stereocenters. The number of carbonyl (C=O) groups is 3. The molecule has 2 aliphatic rings. The highest BCUT2D eigenvalue weighted by Crippen LogP contribution is 2.46. The van der Waals surface area contributed by atoms with Gasteiger partial charge in [-0.1, -0.05) is 0 Å². The minimum atomic E-state index is -0.942. The molecule has 0 N–H and O–H groups in total. The largest absolute Gasteiger partial charge is 0.465 e.